The Morgan fingerprint density at radius 3 is 2.55 bits per heavy atom. The van der Waals surface area contributed by atoms with E-state index in [1.54, 1.807) is 7.05 Å². The number of carboxylic acid groups (broad SMARTS) is 1. The average Bonchev–Trinajstić information content (AvgIpc) is 2.42. The highest BCUT2D eigenvalue weighted by atomic mass is 32.2. The van der Waals surface area contributed by atoms with Gasteiger partial charge in [0.2, 0.25) is 0 Å². The van der Waals surface area contributed by atoms with Crippen LogP contribution in [0.5, 0.6) is 0 Å². The summed E-state index contributed by atoms with van der Waals surface area (Å²) in [6.45, 7) is 0.357. The fraction of sp³-hybridized carbons (Fsp3) is 0.750. The van der Waals surface area contributed by atoms with Gasteiger partial charge in [-0.3, -0.25) is 4.79 Å². The fourth-order valence-electron chi connectivity index (χ4n) is 1.42. The number of nitrogens with zero attached hydrogens (tertiary/aromatic N) is 1. The second-order valence-corrected chi connectivity index (χ2v) is 5.21. The number of urea groups is 1. The van der Waals surface area contributed by atoms with Crippen molar-refractivity contribution in [1.29, 1.82) is 0 Å². The van der Waals surface area contributed by atoms with E-state index in [0.717, 1.165) is 0 Å². The Bertz CT molecular complexity index is 338. The Morgan fingerprint density at radius 1 is 1.40 bits per heavy atom. The highest BCUT2D eigenvalue weighted by Gasteiger charge is 2.21. The Morgan fingerprint density at radius 2 is 2.05 bits per heavy atom. The van der Waals surface area contributed by atoms with Crippen LogP contribution in [0.2, 0.25) is 0 Å². The van der Waals surface area contributed by atoms with Crippen LogP contribution in [0.3, 0.4) is 0 Å². The van der Waals surface area contributed by atoms with Crippen molar-refractivity contribution in [3.05, 3.63) is 0 Å². The predicted molar refractivity (Wildman–Crippen MR) is 76.8 cm³/mol. The van der Waals surface area contributed by atoms with Gasteiger partial charge in [-0.05, 0) is 24.9 Å². The van der Waals surface area contributed by atoms with Gasteiger partial charge in [-0.15, -0.1) is 0 Å². The molecule has 0 aliphatic heterocycles. The van der Waals surface area contributed by atoms with Crippen molar-refractivity contribution in [2.75, 3.05) is 32.7 Å². The van der Waals surface area contributed by atoms with E-state index in [9.17, 15) is 14.4 Å². The standard InChI is InChI=1S/C12H22N2O5S/c1-14(7-4-5-10(15)19-2)12(18)13-9(11(16)17)6-8-20-3/h9H,4-8H2,1-3H3,(H,13,18)(H,16,17). The first kappa shape index (κ1) is 18.6. The number of rotatable bonds is 9. The number of carbonyl (C=O) groups is 3. The Labute approximate surface area is 123 Å². The minimum Gasteiger partial charge on any atom is -0.480 e. The van der Waals surface area contributed by atoms with Crippen molar-refractivity contribution in [3.63, 3.8) is 0 Å². The van der Waals surface area contributed by atoms with Crippen LogP contribution in [0.1, 0.15) is 19.3 Å². The molecular formula is C12H22N2O5S. The zero-order chi connectivity index (χ0) is 15.5. The highest BCUT2D eigenvalue weighted by Crippen LogP contribution is 2.02. The first-order chi connectivity index (χ1) is 9.42. The quantitative estimate of drug-likeness (QED) is 0.611. The molecule has 8 heteroatoms. The Kier molecular flexibility index (Phi) is 9.61. The van der Waals surface area contributed by atoms with Crippen LogP contribution in [0, 0.1) is 0 Å². The summed E-state index contributed by atoms with van der Waals surface area (Å²) in [4.78, 5) is 35.1. The number of ether oxygens (including phenoxy) is 1. The van der Waals surface area contributed by atoms with E-state index < -0.39 is 18.0 Å². The smallest absolute Gasteiger partial charge is 0.326 e. The molecule has 1 unspecified atom stereocenters. The molecule has 0 saturated heterocycles. The number of carbonyl (C=O) groups excluding carboxylic acids is 2. The molecule has 20 heavy (non-hydrogen) atoms. The summed E-state index contributed by atoms with van der Waals surface area (Å²) in [6, 6.07) is -1.35. The third kappa shape index (κ3) is 7.88. The topological polar surface area (TPSA) is 95.9 Å². The molecule has 0 saturated carbocycles. The average molecular weight is 306 g/mol. The third-order valence-electron chi connectivity index (χ3n) is 2.66. The number of nitrogens with one attached hydrogen (secondary N) is 1. The fourth-order valence-corrected chi connectivity index (χ4v) is 1.89. The van der Waals surface area contributed by atoms with Crippen LogP contribution in [0.25, 0.3) is 0 Å². The molecule has 7 nitrogen and oxygen atoms in total. The molecule has 0 heterocycles. The summed E-state index contributed by atoms with van der Waals surface area (Å²) < 4.78 is 4.49. The lowest BCUT2D eigenvalue weighted by molar-refractivity contribution is -0.141. The number of aliphatic carboxylic acids is 1. The van der Waals surface area contributed by atoms with Gasteiger partial charge in [0.05, 0.1) is 7.11 Å². The van der Waals surface area contributed by atoms with Gasteiger partial charge >= 0.3 is 18.0 Å². The van der Waals surface area contributed by atoms with Crippen LogP contribution in [-0.4, -0.2) is 66.7 Å². The molecule has 0 aliphatic carbocycles. The van der Waals surface area contributed by atoms with Gasteiger partial charge in [0.1, 0.15) is 6.04 Å². The van der Waals surface area contributed by atoms with Gasteiger partial charge < -0.3 is 20.1 Å². The summed E-state index contributed by atoms with van der Waals surface area (Å²) in [5.74, 6) is -0.721. The molecule has 0 aliphatic rings. The molecule has 0 radical (unpaired) electrons. The molecule has 1 atom stereocenters. The molecule has 0 bridgehead atoms. The van der Waals surface area contributed by atoms with Crippen LogP contribution in [0.15, 0.2) is 0 Å². The van der Waals surface area contributed by atoms with Gasteiger partial charge in [-0.2, -0.15) is 11.8 Å². The molecule has 0 fully saturated rings. The van der Waals surface area contributed by atoms with E-state index >= 15 is 0 Å². The third-order valence-corrected chi connectivity index (χ3v) is 3.30. The van der Waals surface area contributed by atoms with Crippen molar-refractivity contribution in [2.24, 2.45) is 0 Å². The minimum absolute atomic E-state index is 0.225. The van der Waals surface area contributed by atoms with E-state index in [4.69, 9.17) is 5.11 Å². The highest BCUT2D eigenvalue weighted by molar-refractivity contribution is 7.98. The zero-order valence-corrected chi connectivity index (χ0v) is 12.9. The minimum atomic E-state index is -1.05. The summed E-state index contributed by atoms with van der Waals surface area (Å²) in [7, 11) is 2.86. The van der Waals surface area contributed by atoms with Gasteiger partial charge in [0.25, 0.3) is 0 Å². The first-order valence-corrected chi connectivity index (χ1v) is 7.62. The molecule has 0 aromatic heterocycles. The molecule has 0 aromatic carbocycles. The molecule has 116 valence electrons. The van der Waals surface area contributed by atoms with Gasteiger partial charge in [0.15, 0.2) is 0 Å². The monoisotopic (exact) mass is 306 g/mol. The van der Waals surface area contributed by atoms with Crippen molar-refractivity contribution < 1.29 is 24.2 Å². The van der Waals surface area contributed by atoms with Crippen LogP contribution in [-0.2, 0) is 14.3 Å². The number of carboxylic acids is 1. The first-order valence-electron chi connectivity index (χ1n) is 6.22. The number of methoxy groups -OCH3 is 1. The SMILES string of the molecule is COC(=O)CCCN(C)C(=O)NC(CCSC)C(=O)O. The van der Waals surface area contributed by atoms with Crippen molar-refractivity contribution in [1.82, 2.24) is 10.2 Å². The number of hydrogen-bond acceptors (Lipinski definition) is 5. The number of esters is 1. The number of hydrogen-bond donors (Lipinski definition) is 2. The molecule has 2 amide bonds. The largest absolute Gasteiger partial charge is 0.480 e. The predicted octanol–water partition coefficient (Wildman–Crippen LogP) is 0.787. The molecule has 2 N–H and O–H groups in total. The summed E-state index contributed by atoms with van der Waals surface area (Å²) in [6.07, 6.45) is 2.94. The van der Waals surface area contributed by atoms with E-state index in [-0.39, 0.29) is 12.4 Å². The summed E-state index contributed by atoms with van der Waals surface area (Å²) in [5, 5.41) is 11.5. The lowest BCUT2D eigenvalue weighted by Gasteiger charge is -2.21. The van der Waals surface area contributed by atoms with E-state index in [1.807, 2.05) is 6.26 Å². The van der Waals surface area contributed by atoms with E-state index in [2.05, 4.69) is 10.1 Å². The molecular weight excluding hydrogens is 284 g/mol. The molecule has 0 spiro atoms. The maximum atomic E-state index is 11.8. The maximum absolute atomic E-state index is 11.8. The number of amides is 2. The second-order valence-electron chi connectivity index (χ2n) is 4.22. The van der Waals surface area contributed by atoms with Gasteiger partial charge in [-0.25, -0.2) is 9.59 Å². The van der Waals surface area contributed by atoms with Crippen LogP contribution < -0.4 is 5.32 Å². The Balaban J connectivity index is 4.14. The van der Waals surface area contributed by atoms with Crippen LogP contribution >= 0.6 is 11.8 Å². The summed E-state index contributed by atoms with van der Waals surface area (Å²) in [5.41, 5.74) is 0. The van der Waals surface area contributed by atoms with E-state index in [0.29, 0.717) is 25.1 Å². The zero-order valence-electron chi connectivity index (χ0n) is 12.0. The van der Waals surface area contributed by atoms with Crippen molar-refractivity contribution in [2.45, 2.75) is 25.3 Å². The van der Waals surface area contributed by atoms with Crippen LogP contribution in [0.4, 0.5) is 4.79 Å². The molecule has 0 aromatic rings. The van der Waals surface area contributed by atoms with Crippen molar-refractivity contribution in [3.8, 4) is 0 Å². The maximum Gasteiger partial charge on any atom is 0.326 e. The summed E-state index contributed by atoms with van der Waals surface area (Å²) >= 11 is 1.52. The number of thioether (sulfide) groups is 1. The normalized spacial score (nSPS) is 11.6. The van der Waals surface area contributed by atoms with Gasteiger partial charge in [0, 0.05) is 20.0 Å². The Hall–Kier alpha value is -1.44. The lowest BCUT2D eigenvalue weighted by Crippen LogP contribution is -2.47. The lowest BCUT2D eigenvalue weighted by atomic mass is 10.2. The van der Waals surface area contributed by atoms with Gasteiger partial charge in [-0.1, -0.05) is 0 Å². The van der Waals surface area contributed by atoms with E-state index in [1.165, 1.54) is 23.8 Å². The molecule has 0 rings (SSSR count). The van der Waals surface area contributed by atoms with Crippen molar-refractivity contribution >= 4 is 29.7 Å². The second kappa shape index (κ2) is 10.4.